The van der Waals surface area contributed by atoms with Gasteiger partial charge in [0.25, 0.3) is 6.04 Å². The van der Waals surface area contributed by atoms with Crippen molar-refractivity contribution in [3.05, 3.63) is 34.7 Å². The third-order valence-corrected chi connectivity index (χ3v) is 4.98. The second-order valence-electron chi connectivity index (χ2n) is 6.35. The van der Waals surface area contributed by atoms with Gasteiger partial charge in [0.1, 0.15) is 0 Å². The van der Waals surface area contributed by atoms with Gasteiger partial charge in [-0.05, 0) is 17.7 Å². The maximum absolute atomic E-state index is 12.1. The summed E-state index contributed by atoms with van der Waals surface area (Å²) in [5, 5.41) is 3.34. The number of benzene rings is 1. The molecule has 2 saturated heterocycles. The Labute approximate surface area is 147 Å². The van der Waals surface area contributed by atoms with Crippen molar-refractivity contribution in [2.75, 3.05) is 58.4 Å². The molecule has 0 aliphatic carbocycles. The Kier molecular flexibility index (Phi) is 5.37. The van der Waals surface area contributed by atoms with Crippen molar-refractivity contribution < 1.29 is 19.3 Å². The standard InChI is InChI=1S/C17H25N4O4/c1-24-17(22)20-11-15(16(12-20)21(23)25-2)13-3-5-14(6-4-13)19-9-7-18-8-10-19/h3-6,15-16,18H,7-12H2,1-2H3/q+1/t15-,16-/m1/s1. The molecular weight excluding hydrogens is 324 g/mol. The van der Waals surface area contributed by atoms with Crippen molar-refractivity contribution in [1.82, 2.24) is 10.2 Å². The molecule has 1 N–H and O–H groups in total. The zero-order chi connectivity index (χ0) is 17.8. The number of ether oxygens (including phenoxy) is 1. The number of likely N-dealkylation sites (tertiary alicyclic amines) is 1. The van der Waals surface area contributed by atoms with Gasteiger partial charge in [0, 0.05) is 38.4 Å². The molecule has 0 spiro atoms. The molecule has 2 atom stereocenters. The first-order valence-corrected chi connectivity index (χ1v) is 8.53. The summed E-state index contributed by atoms with van der Waals surface area (Å²) in [5.41, 5.74) is 2.20. The molecule has 1 aromatic carbocycles. The zero-order valence-electron chi connectivity index (χ0n) is 14.7. The van der Waals surface area contributed by atoms with Gasteiger partial charge in [0.05, 0.1) is 24.5 Å². The molecule has 1 amide bonds. The van der Waals surface area contributed by atoms with Crippen LogP contribution in [0.3, 0.4) is 0 Å². The number of piperazine rings is 1. The highest BCUT2D eigenvalue weighted by molar-refractivity contribution is 5.68. The summed E-state index contributed by atoms with van der Waals surface area (Å²) in [6.45, 7) is 4.67. The fraction of sp³-hybridized carbons (Fsp3) is 0.588. The van der Waals surface area contributed by atoms with Crippen LogP contribution in [0.4, 0.5) is 10.5 Å². The maximum atomic E-state index is 12.1. The van der Waals surface area contributed by atoms with E-state index >= 15 is 0 Å². The third kappa shape index (κ3) is 3.68. The van der Waals surface area contributed by atoms with Crippen LogP contribution in [0.15, 0.2) is 24.3 Å². The van der Waals surface area contributed by atoms with E-state index in [0.717, 1.165) is 31.7 Å². The van der Waals surface area contributed by atoms with Gasteiger partial charge in [0.15, 0.2) is 7.11 Å². The number of nitrogens with one attached hydrogen (secondary N) is 1. The highest BCUT2D eigenvalue weighted by Gasteiger charge is 2.47. The van der Waals surface area contributed by atoms with Gasteiger partial charge in [-0.1, -0.05) is 12.1 Å². The van der Waals surface area contributed by atoms with Crippen molar-refractivity contribution >= 4 is 11.8 Å². The van der Waals surface area contributed by atoms with Crippen LogP contribution in [0.5, 0.6) is 0 Å². The van der Waals surface area contributed by atoms with Crippen molar-refractivity contribution in [1.29, 1.82) is 0 Å². The van der Waals surface area contributed by atoms with E-state index in [-0.39, 0.29) is 12.5 Å². The molecule has 0 aromatic heterocycles. The number of hydrogen-bond acceptors (Lipinski definition) is 6. The normalized spacial score (nSPS) is 23.4. The van der Waals surface area contributed by atoms with Gasteiger partial charge in [0.2, 0.25) is 4.92 Å². The number of rotatable bonds is 4. The molecular formula is C17H25N4O4+. The molecule has 1 aromatic rings. The molecule has 136 valence electrons. The Hall–Kier alpha value is -2.35. The minimum absolute atomic E-state index is 0.117. The maximum Gasteiger partial charge on any atom is 0.409 e. The monoisotopic (exact) mass is 349 g/mol. The predicted octanol–water partition coefficient (Wildman–Crippen LogP) is 0.971. The summed E-state index contributed by atoms with van der Waals surface area (Å²) in [6.07, 6.45) is -0.422. The van der Waals surface area contributed by atoms with Gasteiger partial charge in [-0.15, -0.1) is 0 Å². The Morgan fingerprint density at radius 3 is 2.44 bits per heavy atom. The van der Waals surface area contributed by atoms with E-state index in [2.05, 4.69) is 22.3 Å². The first-order chi connectivity index (χ1) is 12.1. The fourth-order valence-corrected chi connectivity index (χ4v) is 3.60. The largest absolute Gasteiger partial charge is 0.453 e. The van der Waals surface area contributed by atoms with Gasteiger partial charge < -0.3 is 19.9 Å². The Bertz CT molecular complexity index is 616. The molecule has 0 unspecified atom stereocenters. The van der Waals surface area contributed by atoms with E-state index in [1.165, 1.54) is 19.9 Å². The van der Waals surface area contributed by atoms with Crippen molar-refractivity contribution in [3.8, 4) is 0 Å². The SMILES string of the molecule is COC(=O)N1C[C@H](c2ccc(N3CCNCC3)cc2)[C@H]([N+](=O)OC)C1. The van der Waals surface area contributed by atoms with Crippen LogP contribution in [0.25, 0.3) is 0 Å². The van der Waals surface area contributed by atoms with Gasteiger partial charge in [-0.25, -0.2) is 9.63 Å². The summed E-state index contributed by atoms with van der Waals surface area (Å²) in [7, 11) is 2.69. The number of amides is 1. The zero-order valence-corrected chi connectivity index (χ0v) is 14.7. The van der Waals surface area contributed by atoms with Crippen molar-refractivity contribution in [2.24, 2.45) is 0 Å². The molecule has 2 heterocycles. The molecule has 2 aliphatic rings. The first-order valence-electron chi connectivity index (χ1n) is 8.53. The molecule has 0 bridgehead atoms. The molecule has 2 fully saturated rings. The van der Waals surface area contributed by atoms with Crippen LogP contribution in [-0.4, -0.2) is 75.4 Å². The minimum Gasteiger partial charge on any atom is -0.453 e. The van der Waals surface area contributed by atoms with Crippen LogP contribution >= 0.6 is 0 Å². The first kappa shape index (κ1) is 17.5. The van der Waals surface area contributed by atoms with Crippen LogP contribution < -0.4 is 10.2 Å². The second kappa shape index (κ2) is 7.69. The van der Waals surface area contributed by atoms with Gasteiger partial charge in [-0.2, -0.15) is 0 Å². The smallest absolute Gasteiger partial charge is 0.409 e. The number of carbonyl (C=O) groups is 1. The van der Waals surface area contributed by atoms with Crippen LogP contribution in [0.2, 0.25) is 0 Å². The molecule has 8 heteroatoms. The summed E-state index contributed by atoms with van der Waals surface area (Å²) in [6, 6.07) is 7.80. The van der Waals surface area contributed by atoms with E-state index in [0.29, 0.717) is 11.5 Å². The lowest BCUT2D eigenvalue weighted by atomic mass is 9.94. The van der Waals surface area contributed by atoms with Gasteiger partial charge in [-0.3, -0.25) is 0 Å². The molecule has 2 aliphatic heterocycles. The lowest BCUT2D eigenvalue weighted by molar-refractivity contribution is -0.818. The number of anilines is 1. The molecule has 8 nitrogen and oxygen atoms in total. The Morgan fingerprint density at radius 2 is 1.84 bits per heavy atom. The number of methoxy groups -OCH3 is 1. The van der Waals surface area contributed by atoms with Crippen molar-refractivity contribution in [2.45, 2.75) is 12.0 Å². The van der Waals surface area contributed by atoms with Gasteiger partial charge >= 0.3 is 6.09 Å². The third-order valence-electron chi connectivity index (χ3n) is 4.98. The average molecular weight is 349 g/mol. The molecule has 0 radical (unpaired) electrons. The van der Waals surface area contributed by atoms with Crippen LogP contribution in [0, 0.1) is 4.91 Å². The predicted molar refractivity (Wildman–Crippen MR) is 92.7 cm³/mol. The molecule has 0 saturated carbocycles. The van der Waals surface area contributed by atoms with E-state index in [9.17, 15) is 9.70 Å². The van der Waals surface area contributed by atoms with Crippen LogP contribution in [0.1, 0.15) is 11.5 Å². The second-order valence-corrected chi connectivity index (χ2v) is 6.35. The molecule has 25 heavy (non-hydrogen) atoms. The van der Waals surface area contributed by atoms with Crippen LogP contribution in [-0.2, 0) is 9.57 Å². The van der Waals surface area contributed by atoms with E-state index in [1.54, 1.807) is 4.90 Å². The fourth-order valence-electron chi connectivity index (χ4n) is 3.60. The molecule has 3 rings (SSSR count). The minimum atomic E-state index is -0.450. The summed E-state index contributed by atoms with van der Waals surface area (Å²) in [4.78, 5) is 33.2. The lowest BCUT2D eigenvalue weighted by Crippen LogP contribution is -2.43. The lowest BCUT2D eigenvalue weighted by Gasteiger charge is -2.29. The summed E-state index contributed by atoms with van der Waals surface area (Å²) < 4.78 is 4.79. The Morgan fingerprint density at radius 1 is 1.16 bits per heavy atom. The van der Waals surface area contributed by atoms with Crippen molar-refractivity contribution in [3.63, 3.8) is 0 Å². The summed E-state index contributed by atoms with van der Waals surface area (Å²) in [5.74, 6) is -0.117. The van der Waals surface area contributed by atoms with E-state index < -0.39 is 12.1 Å². The van der Waals surface area contributed by atoms with E-state index in [4.69, 9.17) is 9.57 Å². The Balaban J connectivity index is 1.77. The highest BCUT2D eigenvalue weighted by atomic mass is 16.8. The van der Waals surface area contributed by atoms with E-state index in [1.807, 2.05) is 12.1 Å². The highest BCUT2D eigenvalue weighted by Crippen LogP contribution is 2.31. The number of nitrogens with zero attached hydrogens (tertiary/aromatic N) is 3. The quantitative estimate of drug-likeness (QED) is 0.817. The topological polar surface area (TPSA) is 74.1 Å². The average Bonchev–Trinajstić information content (AvgIpc) is 3.13. The summed E-state index contributed by atoms with van der Waals surface area (Å²) >= 11 is 0. The number of hydrogen-bond donors (Lipinski definition) is 1. The number of carbonyl (C=O) groups excluding carboxylic acids is 1.